The standard InChI is InChI=1S/C14H26N4O2S/c1-3-8-15-9-12-10-16-17-14(12)21(19,20)18-13-6-4-11(2)5-7-13/h10-11,13,15,18H,3-9H2,1-2H3,(H,16,17). The molecule has 0 atom stereocenters. The van der Waals surface area contributed by atoms with E-state index in [-0.39, 0.29) is 11.1 Å². The summed E-state index contributed by atoms with van der Waals surface area (Å²) in [7, 11) is -3.51. The lowest BCUT2D eigenvalue weighted by Gasteiger charge is -2.26. The summed E-state index contributed by atoms with van der Waals surface area (Å²) in [6, 6.07) is 0.0472. The second kappa shape index (κ2) is 7.38. The second-order valence-electron chi connectivity index (χ2n) is 5.98. The summed E-state index contributed by atoms with van der Waals surface area (Å²) in [4.78, 5) is 0. The molecular formula is C14H26N4O2S. The average molecular weight is 314 g/mol. The van der Waals surface area contributed by atoms with Crippen molar-refractivity contribution >= 4 is 10.0 Å². The summed E-state index contributed by atoms with van der Waals surface area (Å²) >= 11 is 0. The molecule has 1 heterocycles. The second-order valence-corrected chi connectivity index (χ2v) is 7.63. The molecule has 0 bridgehead atoms. The van der Waals surface area contributed by atoms with Gasteiger partial charge in [0.05, 0.1) is 6.20 Å². The summed E-state index contributed by atoms with van der Waals surface area (Å²) in [6.45, 7) is 5.67. The van der Waals surface area contributed by atoms with Gasteiger partial charge in [0.15, 0.2) is 5.03 Å². The monoisotopic (exact) mass is 314 g/mol. The van der Waals surface area contributed by atoms with Gasteiger partial charge in [-0.1, -0.05) is 13.8 Å². The summed E-state index contributed by atoms with van der Waals surface area (Å²) in [6.07, 6.45) is 6.59. The first-order chi connectivity index (χ1) is 10.0. The Morgan fingerprint density at radius 3 is 2.71 bits per heavy atom. The van der Waals surface area contributed by atoms with Crippen molar-refractivity contribution in [2.45, 2.75) is 63.6 Å². The molecule has 0 aromatic carbocycles. The molecule has 6 nitrogen and oxygen atoms in total. The third kappa shape index (κ3) is 4.52. The third-order valence-electron chi connectivity index (χ3n) is 4.03. The van der Waals surface area contributed by atoms with Crippen LogP contribution in [0.1, 0.15) is 51.5 Å². The van der Waals surface area contributed by atoms with Gasteiger partial charge in [0.1, 0.15) is 0 Å². The van der Waals surface area contributed by atoms with Crippen LogP contribution in [-0.4, -0.2) is 31.2 Å². The predicted molar refractivity (Wildman–Crippen MR) is 82.3 cm³/mol. The molecule has 120 valence electrons. The van der Waals surface area contributed by atoms with Crippen LogP contribution in [0, 0.1) is 5.92 Å². The Balaban J connectivity index is 2.00. The van der Waals surface area contributed by atoms with E-state index in [1.807, 2.05) is 0 Å². The molecule has 1 aromatic heterocycles. The van der Waals surface area contributed by atoms with E-state index < -0.39 is 10.0 Å². The Bertz CT molecular complexity index is 533. The van der Waals surface area contributed by atoms with E-state index in [4.69, 9.17) is 0 Å². The lowest BCUT2D eigenvalue weighted by Crippen LogP contribution is -2.38. The van der Waals surface area contributed by atoms with Crippen LogP contribution >= 0.6 is 0 Å². The molecule has 0 spiro atoms. The van der Waals surface area contributed by atoms with Crippen LogP contribution in [-0.2, 0) is 16.6 Å². The zero-order valence-corrected chi connectivity index (χ0v) is 13.7. The van der Waals surface area contributed by atoms with Gasteiger partial charge in [-0.3, -0.25) is 5.10 Å². The summed E-state index contributed by atoms with van der Waals surface area (Å²) < 4.78 is 27.8. The molecule has 3 N–H and O–H groups in total. The molecule has 1 saturated carbocycles. The fraction of sp³-hybridized carbons (Fsp3) is 0.786. The molecular weight excluding hydrogens is 288 g/mol. The summed E-state index contributed by atoms with van der Waals surface area (Å²) in [5, 5.41) is 9.92. The number of rotatable bonds is 7. The fourth-order valence-corrected chi connectivity index (χ4v) is 4.15. The highest BCUT2D eigenvalue weighted by Gasteiger charge is 2.26. The molecule has 7 heteroatoms. The summed E-state index contributed by atoms with van der Waals surface area (Å²) in [5.74, 6) is 0.701. The van der Waals surface area contributed by atoms with E-state index in [0.29, 0.717) is 18.0 Å². The van der Waals surface area contributed by atoms with E-state index in [1.54, 1.807) is 6.20 Å². The van der Waals surface area contributed by atoms with Crippen LogP contribution in [0.5, 0.6) is 0 Å². The quantitative estimate of drug-likeness (QED) is 0.669. The minimum Gasteiger partial charge on any atom is -0.313 e. The third-order valence-corrected chi connectivity index (χ3v) is 5.56. The van der Waals surface area contributed by atoms with Crippen molar-refractivity contribution in [2.24, 2.45) is 5.92 Å². The van der Waals surface area contributed by atoms with Crippen LogP contribution in [0.3, 0.4) is 0 Å². The van der Waals surface area contributed by atoms with E-state index in [2.05, 4.69) is 34.1 Å². The van der Waals surface area contributed by atoms with Gasteiger partial charge in [-0.05, 0) is 44.6 Å². The van der Waals surface area contributed by atoms with E-state index >= 15 is 0 Å². The zero-order chi connectivity index (χ0) is 15.3. The molecule has 1 fully saturated rings. The maximum Gasteiger partial charge on any atom is 0.258 e. The molecule has 0 unspecified atom stereocenters. The van der Waals surface area contributed by atoms with Crippen molar-refractivity contribution in [3.05, 3.63) is 11.8 Å². The summed E-state index contributed by atoms with van der Waals surface area (Å²) in [5.41, 5.74) is 0.695. The van der Waals surface area contributed by atoms with Gasteiger partial charge >= 0.3 is 0 Å². The molecule has 0 aliphatic heterocycles. The predicted octanol–water partition coefficient (Wildman–Crippen LogP) is 1.77. The fourth-order valence-electron chi connectivity index (χ4n) is 2.71. The Kier molecular flexibility index (Phi) is 5.78. The Hall–Kier alpha value is -0.920. The maximum atomic E-state index is 12.5. The number of H-pyrrole nitrogens is 1. The van der Waals surface area contributed by atoms with Crippen LogP contribution in [0.4, 0.5) is 0 Å². The van der Waals surface area contributed by atoms with Crippen LogP contribution in [0.15, 0.2) is 11.2 Å². The van der Waals surface area contributed by atoms with Crippen molar-refractivity contribution in [3.8, 4) is 0 Å². The van der Waals surface area contributed by atoms with Gasteiger partial charge in [-0.25, -0.2) is 13.1 Å². The number of sulfonamides is 1. The lowest BCUT2D eigenvalue weighted by molar-refractivity contribution is 0.332. The molecule has 1 aliphatic carbocycles. The van der Waals surface area contributed by atoms with Crippen LogP contribution < -0.4 is 10.0 Å². The molecule has 1 aromatic rings. The Morgan fingerprint density at radius 1 is 1.33 bits per heavy atom. The first-order valence-corrected chi connectivity index (χ1v) is 9.26. The van der Waals surface area contributed by atoms with Gasteiger partial charge in [0.25, 0.3) is 10.0 Å². The van der Waals surface area contributed by atoms with Gasteiger partial charge in [-0.2, -0.15) is 5.10 Å². The number of hydrogen-bond acceptors (Lipinski definition) is 4. The normalized spacial score (nSPS) is 23.3. The number of nitrogens with zero attached hydrogens (tertiary/aromatic N) is 1. The van der Waals surface area contributed by atoms with Gasteiger partial charge in [-0.15, -0.1) is 0 Å². The van der Waals surface area contributed by atoms with E-state index in [1.165, 1.54) is 0 Å². The lowest BCUT2D eigenvalue weighted by atomic mass is 9.88. The first-order valence-electron chi connectivity index (χ1n) is 7.78. The number of aromatic nitrogens is 2. The Labute approximate surface area is 127 Å². The zero-order valence-electron chi connectivity index (χ0n) is 12.9. The van der Waals surface area contributed by atoms with E-state index in [0.717, 1.165) is 38.6 Å². The van der Waals surface area contributed by atoms with Crippen LogP contribution in [0.2, 0.25) is 0 Å². The van der Waals surface area contributed by atoms with Crippen molar-refractivity contribution in [1.29, 1.82) is 0 Å². The molecule has 21 heavy (non-hydrogen) atoms. The van der Waals surface area contributed by atoms with Crippen molar-refractivity contribution in [3.63, 3.8) is 0 Å². The highest BCUT2D eigenvalue weighted by Crippen LogP contribution is 2.25. The largest absolute Gasteiger partial charge is 0.313 e. The minimum absolute atomic E-state index is 0.0472. The molecule has 2 rings (SSSR count). The molecule has 0 saturated heterocycles. The Morgan fingerprint density at radius 2 is 2.05 bits per heavy atom. The minimum atomic E-state index is -3.51. The van der Waals surface area contributed by atoms with Crippen molar-refractivity contribution in [2.75, 3.05) is 6.54 Å². The average Bonchev–Trinajstić information content (AvgIpc) is 2.91. The maximum absolute atomic E-state index is 12.5. The highest BCUT2D eigenvalue weighted by molar-refractivity contribution is 7.89. The van der Waals surface area contributed by atoms with Gasteiger partial charge < -0.3 is 5.32 Å². The topological polar surface area (TPSA) is 86.9 Å². The van der Waals surface area contributed by atoms with Gasteiger partial charge in [0.2, 0.25) is 0 Å². The number of nitrogens with one attached hydrogen (secondary N) is 3. The van der Waals surface area contributed by atoms with Crippen molar-refractivity contribution < 1.29 is 8.42 Å². The van der Waals surface area contributed by atoms with Crippen LogP contribution in [0.25, 0.3) is 0 Å². The highest BCUT2D eigenvalue weighted by atomic mass is 32.2. The molecule has 0 amide bonds. The smallest absolute Gasteiger partial charge is 0.258 e. The first kappa shape index (κ1) is 16.5. The molecule has 0 radical (unpaired) electrons. The van der Waals surface area contributed by atoms with Gasteiger partial charge in [0, 0.05) is 18.2 Å². The number of aromatic amines is 1. The number of hydrogen-bond donors (Lipinski definition) is 3. The van der Waals surface area contributed by atoms with E-state index in [9.17, 15) is 8.42 Å². The molecule has 1 aliphatic rings. The SMILES string of the molecule is CCCNCc1cn[nH]c1S(=O)(=O)NC1CCC(C)CC1. The van der Waals surface area contributed by atoms with Crippen molar-refractivity contribution in [1.82, 2.24) is 20.2 Å².